The summed E-state index contributed by atoms with van der Waals surface area (Å²) in [7, 11) is 3.08. The van der Waals surface area contributed by atoms with Gasteiger partial charge in [-0.25, -0.2) is 14.6 Å². The van der Waals surface area contributed by atoms with Crippen molar-refractivity contribution in [3.63, 3.8) is 0 Å². The van der Waals surface area contributed by atoms with Crippen molar-refractivity contribution in [2.45, 2.75) is 44.9 Å². The molecule has 0 unspecified atom stereocenters. The van der Waals surface area contributed by atoms with E-state index in [1.807, 2.05) is 6.92 Å². The Labute approximate surface area is 301 Å². The van der Waals surface area contributed by atoms with Crippen LogP contribution in [0.1, 0.15) is 51.6 Å². The number of carbonyl (C=O) groups is 2. The Hall–Kier alpha value is -4.51. The number of nitrogens with one attached hydrogen (secondary N) is 1. The van der Waals surface area contributed by atoms with E-state index >= 15 is 0 Å². The van der Waals surface area contributed by atoms with Crippen LogP contribution in [0.3, 0.4) is 0 Å². The number of aromatic nitrogens is 1. The van der Waals surface area contributed by atoms with Gasteiger partial charge in [-0.2, -0.15) is 0 Å². The minimum Gasteiger partial charge on any atom is -0.508 e. The van der Waals surface area contributed by atoms with E-state index < -0.39 is 18.2 Å². The van der Waals surface area contributed by atoms with Crippen LogP contribution in [0.25, 0.3) is 0 Å². The molecule has 12 heteroatoms. The van der Waals surface area contributed by atoms with E-state index in [0.29, 0.717) is 49.8 Å². The number of esters is 1. The van der Waals surface area contributed by atoms with Crippen molar-refractivity contribution in [3.8, 4) is 17.2 Å². The van der Waals surface area contributed by atoms with Gasteiger partial charge in [0.25, 0.3) is 0 Å². The van der Waals surface area contributed by atoms with Gasteiger partial charge in [0, 0.05) is 24.6 Å². The van der Waals surface area contributed by atoms with Crippen LogP contribution in [0.15, 0.2) is 73.1 Å². The number of amides is 1. The standard InChI is InChI=1S/C38H39Cl2N3O7/c1-23-4-10-28(44)17-32(23)43(38(46)50-36-22-42-14-12-25(36)13-15-42)21-24-5-7-26(8-6-24)37(45)49-34(18-29-30(39)19-41-20-31(29)40)27-9-11-33(47-2)35(16-27)48-3/h4-11,16-17,19-20,25,34,36,44H,12-15,18,21-22H2,1-3H3/p+1/t34-,36-/m0/s1. The molecule has 4 heterocycles. The van der Waals surface area contributed by atoms with Gasteiger partial charge in [0.15, 0.2) is 23.9 Å². The zero-order chi connectivity index (χ0) is 35.4. The number of ether oxygens (including phenoxy) is 4. The summed E-state index contributed by atoms with van der Waals surface area (Å²) in [4.78, 5) is 34.2. The second kappa shape index (κ2) is 15.6. The Morgan fingerprint density at radius 3 is 2.30 bits per heavy atom. The lowest BCUT2D eigenvalue weighted by atomic mass is 9.86. The van der Waals surface area contributed by atoms with Crippen molar-refractivity contribution in [1.29, 1.82) is 0 Å². The van der Waals surface area contributed by atoms with Crippen LogP contribution in [0, 0.1) is 12.8 Å². The van der Waals surface area contributed by atoms with Gasteiger partial charge in [-0.1, -0.05) is 47.5 Å². The number of aromatic hydroxyl groups is 1. The molecular weight excluding hydrogens is 681 g/mol. The normalized spacial score (nSPS) is 18.6. The second-order valence-corrected chi connectivity index (χ2v) is 13.5. The molecule has 4 aromatic rings. The SMILES string of the molecule is COc1ccc([C@H](Cc2c(Cl)c[nH+]cc2Cl)OC(=O)c2ccc(CN(C(=O)O[C@H]3CN4CCC3CC4)c3cc(O)ccc3C)cc2)cc1OC. The van der Waals surface area contributed by atoms with Gasteiger partial charge in [-0.15, -0.1) is 0 Å². The third-order valence-corrected chi connectivity index (χ3v) is 10.2. The zero-order valence-corrected chi connectivity index (χ0v) is 29.7. The van der Waals surface area contributed by atoms with Crippen molar-refractivity contribution in [2.24, 2.45) is 5.92 Å². The average Bonchev–Trinajstić information content (AvgIpc) is 3.13. The van der Waals surface area contributed by atoms with Crippen LogP contribution in [0.4, 0.5) is 10.5 Å². The highest BCUT2D eigenvalue weighted by Crippen LogP contribution is 2.36. The predicted molar refractivity (Wildman–Crippen MR) is 189 cm³/mol. The molecule has 50 heavy (non-hydrogen) atoms. The van der Waals surface area contributed by atoms with Gasteiger partial charge in [-0.05, 0) is 85.8 Å². The number of aromatic amines is 1. The number of halogens is 2. The summed E-state index contributed by atoms with van der Waals surface area (Å²) >= 11 is 13.0. The number of hydrogen-bond acceptors (Lipinski definition) is 8. The summed E-state index contributed by atoms with van der Waals surface area (Å²) in [5.74, 6) is 0.840. The first-order valence-corrected chi connectivity index (χ1v) is 17.2. The highest BCUT2D eigenvalue weighted by molar-refractivity contribution is 6.35. The highest BCUT2D eigenvalue weighted by atomic mass is 35.5. The smallest absolute Gasteiger partial charge is 0.414 e. The first kappa shape index (κ1) is 35.3. The summed E-state index contributed by atoms with van der Waals surface area (Å²) in [6.07, 6.45) is 4.02. The maximum Gasteiger partial charge on any atom is 0.414 e. The highest BCUT2D eigenvalue weighted by Gasteiger charge is 2.37. The summed E-state index contributed by atoms with van der Waals surface area (Å²) in [5, 5.41) is 11.1. The van der Waals surface area contributed by atoms with Gasteiger partial charge in [-0.3, -0.25) is 9.80 Å². The van der Waals surface area contributed by atoms with E-state index in [4.69, 9.17) is 42.1 Å². The van der Waals surface area contributed by atoms with E-state index in [1.165, 1.54) is 12.0 Å². The number of carbonyl (C=O) groups excluding carboxylic acids is 2. The summed E-state index contributed by atoms with van der Waals surface area (Å²) in [5.41, 5.74) is 3.70. The van der Waals surface area contributed by atoms with Gasteiger partial charge in [0.2, 0.25) is 0 Å². The summed E-state index contributed by atoms with van der Waals surface area (Å²) < 4.78 is 23.1. The number of phenols is 1. The van der Waals surface area contributed by atoms with Crippen LogP contribution in [-0.2, 0) is 22.4 Å². The fourth-order valence-electron chi connectivity index (χ4n) is 6.64. The number of methoxy groups -OCH3 is 2. The van der Waals surface area contributed by atoms with Crippen LogP contribution in [-0.4, -0.2) is 62.0 Å². The number of fused-ring (bicyclic) bond motifs is 3. The number of pyridine rings is 1. The van der Waals surface area contributed by atoms with E-state index in [-0.39, 0.29) is 24.8 Å². The number of hydrogen-bond donors (Lipinski definition) is 1. The molecular formula is C38H40Cl2N3O7+. The van der Waals surface area contributed by atoms with Crippen molar-refractivity contribution in [3.05, 3.63) is 111 Å². The number of nitrogens with zero attached hydrogens (tertiary/aromatic N) is 2. The molecule has 2 atom stereocenters. The summed E-state index contributed by atoms with van der Waals surface area (Å²) in [6.45, 7) is 4.83. The Balaban J connectivity index is 1.22. The van der Waals surface area contributed by atoms with E-state index in [2.05, 4.69) is 9.88 Å². The molecule has 3 aromatic carbocycles. The van der Waals surface area contributed by atoms with Gasteiger partial charge in [0.1, 0.15) is 28.0 Å². The van der Waals surface area contributed by atoms with E-state index in [0.717, 1.165) is 43.6 Å². The van der Waals surface area contributed by atoms with Crippen LogP contribution < -0.4 is 19.4 Å². The quantitative estimate of drug-likeness (QED) is 0.162. The largest absolute Gasteiger partial charge is 0.508 e. The Morgan fingerprint density at radius 1 is 0.960 bits per heavy atom. The third kappa shape index (κ3) is 7.93. The van der Waals surface area contributed by atoms with Gasteiger partial charge in [0.05, 0.1) is 32.0 Å². The number of phenolic OH excluding ortho intramolecular Hbond substituents is 1. The second-order valence-electron chi connectivity index (χ2n) is 12.7. The average molecular weight is 722 g/mol. The van der Waals surface area contributed by atoms with Crippen LogP contribution >= 0.6 is 23.2 Å². The zero-order valence-electron chi connectivity index (χ0n) is 28.2. The third-order valence-electron chi connectivity index (χ3n) is 9.50. The molecule has 0 saturated carbocycles. The maximum absolute atomic E-state index is 13.8. The number of aryl methyl sites for hydroxylation is 1. The van der Waals surface area contributed by atoms with Crippen LogP contribution in [0.2, 0.25) is 10.0 Å². The lowest BCUT2D eigenvalue weighted by Crippen LogP contribution is -2.53. The maximum atomic E-state index is 13.8. The summed E-state index contributed by atoms with van der Waals surface area (Å²) in [6, 6.07) is 17.1. The van der Waals surface area contributed by atoms with Gasteiger partial charge >= 0.3 is 12.1 Å². The number of benzene rings is 3. The molecule has 3 saturated heterocycles. The Bertz CT molecular complexity index is 1830. The minimum atomic E-state index is -0.773. The molecule has 2 bridgehead atoms. The van der Waals surface area contributed by atoms with Crippen LogP contribution in [0.5, 0.6) is 17.2 Å². The fraction of sp³-hybridized carbons (Fsp3) is 0.342. The van der Waals surface area contributed by atoms with Crippen molar-refractivity contribution in [2.75, 3.05) is 38.8 Å². The molecule has 10 nitrogen and oxygen atoms in total. The van der Waals surface area contributed by atoms with Crippen molar-refractivity contribution >= 4 is 41.0 Å². The lowest BCUT2D eigenvalue weighted by Gasteiger charge is -2.44. The number of H-pyrrole nitrogens is 1. The molecule has 3 aliphatic rings. The monoisotopic (exact) mass is 720 g/mol. The molecule has 3 fully saturated rings. The predicted octanol–water partition coefficient (Wildman–Crippen LogP) is 7.22. The Kier molecular flexibility index (Phi) is 11.0. The van der Waals surface area contributed by atoms with Crippen molar-refractivity contribution in [1.82, 2.24) is 4.90 Å². The number of anilines is 1. The first-order chi connectivity index (χ1) is 24.1. The molecule has 7 rings (SSSR count). The van der Waals surface area contributed by atoms with E-state index in [9.17, 15) is 14.7 Å². The molecule has 3 aliphatic heterocycles. The molecule has 1 aromatic heterocycles. The molecule has 0 radical (unpaired) electrons. The molecule has 2 N–H and O–H groups in total. The molecule has 0 aliphatic carbocycles. The fourth-order valence-corrected chi connectivity index (χ4v) is 7.17. The molecule has 1 amide bonds. The lowest BCUT2D eigenvalue weighted by molar-refractivity contribution is -0.377. The van der Waals surface area contributed by atoms with E-state index in [1.54, 1.807) is 80.2 Å². The topological polar surface area (TPSA) is 112 Å². The molecule has 262 valence electrons. The minimum absolute atomic E-state index is 0.0459. The van der Waals surface area contributed by atoms with Crippen molar-refractivity contribution < 1.29 is 38.6 Å². The Morgan fingerprint density at radius 2 is 1.66 bits per heavy atom. The number of piperidine rings is 3. The van der Waals surface area contributed by atoms with Gasteiger partial charge < -0.3 is 24.1 Å². The first-order valence-electron chi connectivity index (χ1n) is 16.5. The number of rotatable bonds is 11. The molecule has 0 spiro atoms.